The number of unbranched alkanes of at least 4 members (excludes halogenated alkanes) is 1. The van der Waals surface area contributed by atoms with Gasteiger partial charge in [0.05, 0.1) is 22.5 Å². The average Bonchev–Trinajstić information content (AvgIpc) is 2.76. The second-order valence-corrected chi connectivity index (χ2v) is 6.59. The van der Waals surface area contributed by atoms with Crippen LogP contribution >= 0.6 is 23.2 Å². The summed E-state index contributed by atoms with van der Waals surface area (Å²) in [6.45, 7) is 7.75. The fourth-order valence-electron chi connectivity index (χ4n) is 2.35. The molecule has 5 heteroatoms. The zero-order valence-electron chi connectivity index (χ0n) is 12.8. The van der Waals surface area contributed by atoms with Crippen molar-refractivity contribution >= 4 is 34.2 Å². The topological polar surface area (TPSA) is 27.1 Å². The molecule has 0 radical (unpaired) electrons. The zero-order chi connectivity index (χ0) is 15.4. The molecule has 0 saturated carbocycles. The number of hydrogen-bond donors (Lipinski definition) is 0. The number of rotatable bonds is 7. The number of halogens is 2. The monoisotopic (exact) mass is 328 g/mol. The molecular weight excluding hydrogens is 307 g/mol. The van der Waals surface area contributed by atoms with Crippen molar-refractivity contribution in [2.75, 3.05) is 6.61 Å². The van der Waals surface area contributed by atoms with Crippen molar-refractivity contribution in [3.8, 4) is 0 Å². The summed E-state index contributed by atoms with van der Waals surface area (Å²) >= 11 is 12.3. The minimum Gasteiger partial charge on any atom is -0.379 e. The highest BCUT2D eigenvalue weighted by Crippen LogP contribution is 2.26. The normalized spacial score (nSPS) is 13.2. The van der Waals surface area contributed by atoms with Crippen LogP contribution in [0.3, 0.4) is 0 Å². The molecule has 1 atom stereocenters. The number of nitrogens with zero attached hydrogens (tertiary/aromatic N) is 2. The van der Waals surface area contributed by atoms with Gasteiger partial charge in [0, 0.05) is 18.2 Å². The van der Waals surface area contributed by atoms with Gasteiger partial charge in [-0.25, -0.2) is 4.98 Å². The van der Waals surface area contributed by atoms with Crippen molar-refractivity contribution in [2.24, 2.45) is 0 Å². The molecule has 1 aromatic carbocycles. The number of benzene rings is 1. The molecule has 116 valence electrons. The first kappa shape index (κ1) is 16.6. The summed E-state index contributed by atoms with van der Waals surface area (Å²) in [5.74, 6) is 0.902. The van der Waals surface area contributed by atoms with Crippen LogP contribution in [0.5, 0.6) is 0 Å². The van der Waals surface area contributed by atoms with Crippen LogP contribution in [0, 0.1) is 0 Å². The van der Waals surface area contributed by atoms with Crippen molar-refractivity contribution in [2.45, 2.75) is 51.6 Å². The maximum Gasteiger partial charge on any atom is 0.127 e. The van der Waals surface area contributed by atoms with Gasteiger partial charge in [-0.15, -0.1) is 11.6 Å². The van der Waals surface area contributed by atoms with Crippen molar-refractivity contribution in [1.82, 2.24) is 9.55 Å². The van der Waals surface area contributed by atoms with Crippen LogP contribution in [-0.2, 0) is 11.3 Å². The Labute approximate surface area is 136 Å². The van der Waals surface area contributed by atoms with Crippen LogP contribution < -0.4 is 0 Å². The van der Waals surface area contributed by atoms with E-state index < -0.39 is 0 Å². The number of hydrogen-bond acceptors (Lipinski definition) is 2. The molecule has 1 heterocycles. The Hall–Kier alpha value is -0.770. The summed E-state index contributed by atoms with van der Waals surface area (Å²) in [6.07, 6.45) is 2.36. The lowest BCUT2D eigenvalue weighted by Gasteiger charge is -2.11. The summed E-state index contributed by atoms with van der Waals surface area (Å²) in [6, 6.07) is 5.79. The fourth-order valence-corrected chi connectivity index (χ4v) is 2.68. The Morgan fingerprint density at radius 1 is 1.24 bits per heavy atom. The van der Waals surface area contributed by atoms with Gasteiger partial charge in [-0.2, -0.15) is 0 Å². The lowest BCUT2D eigenvalue weighted by molar-refractivity contribution is 0.0754. The second-order valence-electron chi connectivity index (χ2n) is 5.50. The summed E-state index contributed by atoms with van der Waals surface area (Å²) in [5.41, 5.74) is 2.00. The first-order valence-electron chi connectivity index (χ1n) is 7.40. The van der Waals surface area contributed by atoms with E-state index >= 15 is 0 Å². The first-order chi connectivity index (χ1) is 9.99. The van der Waals surface area contributed by atoms with Crippen LogP contribution in [0.25, 0.3) is 11.0 Å². The van der Waals surface area contributed by atoms with Crippen LogP contribution in [0.4, 0.5) is 0 Å². The summed E-state index contributed by atoms with van der Waals surface area (Å²) in [5, 5.41) is 0.578. The molecule has 2 aromatic rings. The number of aryl methyl sites for hydroxylation is 1. The van der Waals surface area contributed by atoms with Gasteiger partial charge >= 0.3 is 0 Å². The molecular formula is C16H22Cl2N2O. The van der Waals surface area contributed by atoms with Crippen molar-refractivity contribution < 1.29 is 4.74 Å². The standard InChI is InChI=1S/C16H22Cl2N2O/c1-11(2)21-9-5-4-8-20-15-7-6-13(18)10-14(15)19-16(20)12(3)17/h6-7,10-12H,4-5,8-9H2,1-3H3. The molecule has 0 amide bonds. The van der Waals surface area contributed by atoms with Crippen molar-refractivity contribution in [3.05, 3.63) is 29.0 Å². The Morgan fingerprint density at radius 3 is 2.67 bits per heavy atom. The Kier molecular flexibility index (Phi) is 5.91. The molecule has 0 aliphatic heterocycles. The van der Waals surface area contributed by atoms with Crippen LogP contribution in [0.1, 0.15) is 44.8 Å². The molecule has 1 unspecified atom stereocenters. The summed E-state index contributed by atoms with van der Waals surface area (Å²) in [7, 11) is 0. The second kappa shape index (κ2) is 7.48. The third kappa shape index (κ3) is 4.35. The Morgan fingerprint density at radius 2 is 2.00 bits per heavy atom. The molecule has 2 rings (SSSR count). The van der Waals surface area contributed by atoms with Gasteiger partial charge in [0.2, 0.25) is 0 Å². The SMILES string of the molecule is CC(C)OCCCCn1c(C(C)Cl)nc2cc(Cl)ccc21. The van der Waals surface area contributed by atoms with Gasteiger partial charge in [0.15, 0.2) is 0 Å². The lowest BCUT2D eigenvalue weighted by atomic mass is 10.3. The highest BCUT2D eigenvalue weighted by molar-refractivity contribution is 6.31. The fraction of sp³-hybridized carbons (Fsp3) is 0.562. The van der Waals surface area contributed by atoms with E-state index in [9.17, 15) is 0 Å². The van der Waals surface area contributed by atoms with E-state index in [1.807, 2.05) is 25.1 Å². The molecule has 0 aliphatic rings. The van der Waals surface area contributed by atoms with E-state index in [1.54, 1.807) is 0 Å². The van der Waals surface area contributed by atoms with E-state index in [0.29, 0.717) is 11.1 Å². The summed E-state index contributed by atoms with van der Waals surface area (Å²) in [4.78, 5) is 4.62. The van der Waals surface area contributed by atoms with Gasteiger partial charge in [-0.1, -0.05) is 11.6 Å². The first-order valence-corrected chi connectivity index (χ1v) is 8.22. The maximum atomic E-state index is 6.26. The van der Waals surface area contributed by atoms with Gasteiger partial charge in [0.1, 0.15) is 5.82 Å². The predicted octanol–water partition coefficient (Wildman–Crippen LogP) is 5.19. The van der Waals surface area contributed by atoms with Crippen molar-refractivity contribution in [1.29, 1.82) is 0 Å². The Bertz CT molecular complexity index is 593. The van der Waals surface area contributed by atoms with Crippen LogP contribution in [-0.4, -0.2) is 22.3 Å². The van der Waals surface area contributed by atoms with E-state index in [1.165, 1.54) is 0 Å². The molecule has 21 heavy (non-hydrogen) atoms. The van der Waals surface area contributed by atoms with E-state index in [2.05, 4.69) is 23.4 Å². The molecule has 0 fully saturated rings. The minimum absolute atomic E-state index is 0.122. The Balaban J connectivity index is 2.11. The minimum atomic E-state index is -0.122. The molecule has 0 N–H and O–H groups in total. The predicted molar refractivity (Wildman–Crippen MR) is 89.3 cm³/mol. The molecule has 0 saturated heterocycles. The average molecular weight is 329 g/mol. The van der Waals surface area contributed by atoms with E-state index in [4.69, 9.17) is 27.9 Å². The lowest BCUT2D eigenvalue weighted by Crippen LogP contribution is -2.07. The third-order valence-electron chi connectivity index (χ3n) is 3.32. The smallest absolute Gasteiger partial charge is 0.127 e. The molecule has 3 nitrogen and oxygen atoms in total. The number of alkyl halides is 1. The number of imidazole rings is 1. The van der Waals surface area contributed by atoms with E-state index in [0.717, 1.165) is 42.9 Å². The number of fused-ring (bicyclic) bond motifs is 1. The van der Waals surface area contributed by atoms with Crippen LogP contribution in [0.15, 0.2) is 18.2 Å². The van der Waals surface area contributed by atoms with Gasteiger partial charge < -0.3 is 9.30 Å². The van der Waals surface area contributed by atoms with Gasteiger partial charge in [0.25, 0.3) is 0 Å². The van der Waals surface area contributed by atoms with Crippen molar-refractivity contribution in [3.63, 3.8) is 0 Å². The van der Waals surface area contributed by atoms with E-state index in [-0.39, 0.29) is 5.38 Å². The molecule has 0 spiro atoms. The largest absolute Gasteiger partial charge is 0.379 e. The van der Waals surface area contributed by atoms with Gasteiger partial charge in [-0.3, -0.25) is 0 Å². The van der Waals surface area contributed by atoms with Gasteiger partial charge in [-0.05, 0) is 51.8 Å². The maximum absolute atomic E-state index is 6.26. The number of aromatic nitrogens is 2. The molecule has 1 aromatic heterocycles. The zero-order valence-corrected chi connectivity index (χ0v) is 14.3. The number of ether oxygens (including phenoxy) is 1. The summed E-state index contributed by atoms with van der Waals surface area (Å²) < 4.78 is 7.77. The quantitative estimate of drug-likeness (QED) is 0.516. The highest BCUT2D eigenvalue weighted by Gasteiger charge is 2.14. The van der Waals surface area contributed by atoms with Crippen LogP contribution in [0.2, 0.25) is 5.02 Å². The third-order valence-corrected chi connectivity index (χ3v) is 3.75. The molecule has 0 bridgehead atoms. The molecule has 0 aliphatic carbocycles. The highest BCUT2D eigenvalue weighted by atomic mass is 35.5.